The van der Waals surface area contributed by atoms with E-state index in [4.69, 9.17) is 21.3 Å². The molecular formula is C25H25ClN2O3S2. The number of hydrogen-bond donors (Lipinski definition) is 1. The predicted molar refractivity (Wildman–Crippen MR) is 134 cm³/mol. The van der Waals surface area contributed by atoms with Gasteiger partial charge in [-0.15, -0.1) is 0 Å². The Balaban J connectivity index is 1.79. The molecule has 3 heterocycles. The molecule has 0 spiro atoms. The zero-order valence-corrected chi connectivity index (χ0v) is 21.1. The third kappa shape index (κ3) is 4.54. The second-order valence-corrected chi connectivity index (χ2v) is 10.9. The quantitative estimate of drug-likeness (QED) is 0.350. The Bertz CT molecular complexity index is 1180. The Morgan fingerprint density at radius 1 is 1.18 bits per heavy atom. The molecule has 33 heavy (non-hydrogen) atoms. The summed E-state index contributed by atoms with van der Waals surface area (Å²) in [6.45, 7) is 6.71. The average Bonchev–Trinajstić information content (AvgIpc) is 3.31. The lowest BCUT2D eigenvalue weighted by Crippen LogP contribution is -2.54. The molecule has 172 valence electrons. The minimum atomic E-state index is -1.16. The number of amides is 1. The predicted octanol–water partition coefficient (Wildman–Crippen LogP) is 5.90. The van der Waals surface area contributed by atoms with Crippen molar-refractivity contribution in [2.24, 2.45) is 5.41 Å². The molecule has 3 aromatic rings. The van der Waals surface area contributed by atoms with Crippen molar-refractivity contribution in [3.8, 4) is 5.88 Å². The second kappa shape index (κ2) is 9.12. The van der Waals surface area contributed by atoms with Crippen LogP contribution in [0.1, 0.15) is 49.9 Å². The van der Waals surface area contributed by atoms with Gasteiger partial charge in [0.2, 0.25) is 11.8 Å². The molecule has 1 aromatic carbocycles. The number of aromatic nitrogens is 1. The fourth-order valence-electron chi connectivity index (χ4n) is 3.98. The number of ketones is 1. The van der Waals surface area contributed by atoms with Crippen molar-refractivity contribution in [1.82, 2.24) is 9.29 Å². The van der Waals surface area contributed by atoms with Gasteiger partial charge in [-0.2, -0.15) is 11.3 Å². The number of rotatable bonds is 5. The van der Waals surface area contributed by atoms with E-state index < -0.39 is 17.4 Å². The number of piperidine rings is 1. The molecule has 4 rings (SSSR count). The van der Waals surface area contributed by atoms with Crippen LogP contribution < -0.4 is 4.74 Å². The van der Waals surface area contributed by atoms with Gasteiger partial charge in [0, 0.05) is 17.5 Å². The van der Waals surface area contributed by atoms with E-state index in [1.54, 1.807) is 36.4 Å². The van der Waals surface area contributed by atoms with Gasteiger partial charge in [-0.25, -0.2) is 4.98 Å². The van der Waals surface area contributed by atoms with E-state index in [0.29, 0.717) is 28.8 Å². The number of pyridine rings is 1. The molecule has 1 fully saturated rings. The number of Topliss-reactive ketones (excluding diaryl/α,β-unsaturated/α-hetero) is 1. The topological polar surface area (TPSA) is 59.5 Å². The van der Waals surface area contributed by atoms with E-state index in [1.807, 2.05) is 22.9 Å². The van der Waals surface area contributed by atoms with Crippen LogP contribution in [0.4, 0.5) is 0 Å². The number of carbonyl (C=O) groups excluding carboxylic acids is 2. The maximum Gasteiger partial charge on any atom is 0.248 e. The number of thiol groups is 1. The summed E-state index contributed by atoms with van der Waals surface area (Å²) in [7, 11) is 0. The fraction of sp³-hybridized carbons (Fsp3) is 0.320. The normalized spacial score (nSPS) is 21.4. The van der Waals surface area contributed by atoms with Gasteiger partial charge in [0.05, 0.1) is 12.3 Å². The van der Waals surface area contributed by atoms with Crippen molar-refractivity contribution >= 4 is 47.4 Å². The van der Waals surface area contributed by atoms with Gasteiger partial charge in [-0.05, 0) is 45.5 Å². The van der Waals surface area contributed by atoms with Gasteiger partial charge < -0.3 is 4.74 Å². The van der Waals surface area contributed by atoms with Gasteiger partial charge in [-0.3, -0.25) is 13.9 Å². The average molecular weight is 501 g/mol. The Hall–Kier alpha value is -2.35. The van der Waals surface area contributed by atoms with E-state index in [0.717, 1.165) is 5.56 Å². The first kappa shape index (κ1) is 23.8. The largest absolute Gasteiger partial charge is 0.477 e. The summed E-state index contributed by atoms with van der Waals surface area (Å²) >= 11 is 12.5. The molecule has 0 radical (unpaired) electrons. The van der Waals surface area contributed by atoms with Crippen molar-refractivity contribution in [3.05, 3.63) is 81.1 Å². The molecule has 5 nitrogen and oxygen atoms in total. The van der Waals surface area contributed by atoms with Crippen molar-refractivity contribution in [3.63, 3.8) is 0 Å². The van der Waals surface area contributed by atoms with Crippen LogP contribution in [0, 0.1) is 5.41 Å². The van der Waals surface area contributed by atoms with Gasteiger partial charge in [-0.1, -0.05) is 69.5 Å². The third-order valence-electron chi connectivity index (χ3n) is 5.58. The highest BCUT2D eigenvalue weighted by molar-refractivity contribution is 7.78. The van der Waals surface area contributed by atoms with E-state index in [2.05, 4.69) is 33.6 Å². The summed E-state index contributed by atoms with van der Waals surface area (Å²) in [4.78, 5) is 31.9. The zero-order valence-electron chi connectivity index (χ0n) is 18.6. The van der Waals surface area contributed by atoms with Crippen LogP contribution in [0.25, 0.3) is 0 Å². The van der Waals surface area contributed by atoms with Crippen LogP contribution in [0.2, 0.25) is 5.02 Å². The minimum absolute atomic E-state index is 0.0184. The first-order chi connectivity index (χ1) is 15.6. The summed E-state index contributed by atoms with van der Waals surface area (Å²) in [5.41, 5.74) is 0.596. The maximum atomic E-state index is 13.6. The highest BCUT2D eigenvalue weighted by Gasteiger charge is 2.53. The molecule has 1 aliphatic heterocycles. The highest BCUT2D eigenvalue weighted by Crippen LogP contribution is 2.48. The minimum Gasteiger partial charge on any atom is -0.477 e. The number of benzene rings is 1. The molecule has 0 bridgehead atoms. The van der Waals surface area contributed by atoms with E-state index in [9.17, 15) is 9.59 Å². The van der Waals surface area contributed by atoms with Gasteiger partial charge in [0.25, 0.3) is 0 Å². The standard InChI is InChI=1S/C25H25ClN2O3S2/c1-24(2,3)15-31-21-10-6-9-20(27-21)25(16-11-12-33-14-16)13-19(29)22(23(30)28(25)32)17-7-4-5-8-18(17)26/h4-12,14,22,32H,13,15H2,1-3H3. The van der Waals surface area contributed by atoms with Gasteiger partial charge in [0.15, 0.2) is 5.78 Å². The fourth-order valence-corrected chi connectivity index (χ4v) is 5.35. The summed E-state index contributed by atoms with van der Waals surface area (Å²) in [5, 5.41) is 4.21. The first-order valence-electron chi connectivity index (χ1n) is 10.6. The molecule has 2 aromatic heterocycles. The highest BCUT2D eigenvalue weighted by atomic mass is 35.5. The summed E-state index contributed by atoms with van der Waals surface area (Å²) < 4.78 is 7.27. The van der Waals surface area contributed by atoms with Crippen LogP contribution in [-0.4, -0.2) is 27.6 Å². The molecule has 0 N–H and O–H groups in total. The smallest absolute Gasteiger partial charge is 0.248 e. The molecule has 2 unspecified atom stereocenters. The lowest BCUT2D eigenvalue weighted by atomic mass is 9.75. The number of carbonyl (C=O) groups is 2. The number of nitrogens with zero attached hydrogens (tertiary/aromatic N) is 2. The van der Waals surface area contributed by atoms with Crippen LogP contribution in [0.5, 0.6) is 5.88 Å². The Kier molecular flexibility index (Phi) is 6.58. The summed E-state index contributed by atoms with van der Waals surface area (Å²) in [6, 6.07) is 14.2. The Labute approximate surface area is 208 Å². The van der Waals surface area contributed by atoms with E-state index in [-0.39, 0.29) is 17.6 Å². The molecule has 8 heteroatoms. The lowest BCUT2D eigenvalue weighted by molar-refractivity contribution is -0.142. The van der Waals surface area contributed by atoms with Gasteiger partial charge in [0.1, 0.15) is 11.5 Å². The zero-order chi connectivity index (χ0) is 23.8. The number of thiophene rings is 1. The van der Waals surface area contributed by atoms with Crippen molar-refractivity contribution in [2.75, 3.05) is 6.61 Å². The summed E-state index contributed by atoms with van der Waals surface area (Å²) in [6.07, 6.45) is 0.0184. The van der Waals surface area contributed by atoms with Crippen molar-refractivity contribution in [1.29, 1.82) is 0 Å². The summed E-state index contributed by atoms with van der Waals surface area (Å²) in [5.74, 6) is -1.24. The van der Waals surface area contributed by atoms with E-state index in [1.165, 1.54) is 15.6 Å². The molecule has 1 aliphatic rings. The molecule has 2 atom stereocenters. The molecular weight excluding hydrogens is 476 g/mol. The van der Waals surface area contributed by atoms with Gasteiger partial charge >= 0.3 is 0 Å². The second-order valence-electron chi connectivity index (χ2n) is 9.33. The first-order valence-corrected chi connectivity index (χ1v) is 12.3. The van der Waals surface area contributed by atoms with Crippen molar-refractivity contribution in [2.45, 2.75) is 38.6 Å². The molecule has 1 saturated heterocycles. The van der Waals surface area contributed by atoms with Crippen LogP contribution >= 0.6 is 35.8 Å². The van der Waals surface area contributed by atoms with Crippen molar-refractivity contribution < 1.29 is 14.3 Å². The SMILES string of the molecule is CC(C)(C)COc1cccc(C2(c3ccsc3)CC(=O)C(c3ccccc3Cl)C(=O)N2S)n1. The third-order valence-corrected chi connectivity index (χ3v) is 7.15. The molecule has 0 aliphatic carbocycles. The molecule has 0 saturated carbocycles. The monoisotopic (exact) mass is 500 g/mol. The number of ether oxygens (including phenoxy) is 1. The number of halogens is 1. The Morgan fingerprint density at radius 2 is 1.94 bits per heavy atom. The van der Waals surface area contributed by atoms with E-state index >= 15 is 0 Å². The molecule has 1 amide bonds. The Morgan fingerprint density at radius 3 is 2.61 bits per heavy atom. The van der Waals surface area contributed by atoms with Crippen LogP contribution in [0.15, 0.2) is 59.3 Å². The lowest BCUT2D eigenvalue weighted by Gasteiger charge is -2.45. The maximum absolute atomic E-state index is 13.6. The van der Waals surface area contributed by atoms with Crippen LogP contribution in [0.3, 0.4) is 0 Å². The number of hydrogen-bond acceptors (Lipinski definition) is 6. The van der Waals surface area contributed by atoms with Crippen LogP contribution in [-0.2, 0) is 15.1 Å².